The normalized spacial score (nSPS) is 29.8. The standard InChI is InChI=1S/C15H32N2/c1-7-12(3)11-17(8-2)13-9-10-15(4,5)14(13)16-6/h12-14,16H,7-11H2,1-6H3. The van der Waals surface area contributed by atoms with Gasteiger partial charge in [0.05, 0.1) is 0 Å². The van der Waals surface area contributed by atoms with Gasteiger partial charge in [-0.3, -0.25) is 4.90 Å². The van der Waals surface area contributed by atoms with E-state index in [9.17, 15) is 0 Å². The summed E-state index contributed by atoms with van der Waals surface area (Å²) in [6.07, 6.45) is 3.99. The number of rotatable bonds is 6. The first-order valence-electron chi connectivity index (χ1n) is 7.37. The molecule has 1 saturated carbocycles. The van der Waals surface area contributed by atoms with Gasteiger partial charge in [0, 0.05) is 18.6 Å². The van der Waals surface area contributed by atoms with Crippen molar-refractivity contribution in [3.8, 4) is 0 Å². The Hall–Kier alpha value is -0.0800. The van der Waals surface area contributed by atoms with Crippen LogP contribution in [-0.2, 0) is 0 Å². The molecule has 0 aromatic heterocycles. The highest BCUT2D eigenvalue weighted by molar-refractivity contribution is 5.00. The number of nitrogens with zero attached hydrogens (tertiary/aromatic N) is 1. The molecule has 0 bridgehead atoms. The molecule has 1 N–H and O–H groups in total. The van der Waals surface area contributed by atoms with Gasteiger partial charge in [-0.2, -0.15) is 0 Å². The summed E-state index contributed by atoms with van der Waals surface area (Å²) in [5.41, 5.74) is 0.447. The molecular formula is C15H32N2. The third-order valence-electron chi connectivity index (χ3n) is 4.74. The van der Waals surface area contributed by atoms with Crippen LogP contribution in [0.15, 0.2) is 0 Å². The summed E-state index contributed by atoms with van der Waals surface area (Å²) in [5, 5.41) is 3.57. The summed E-state index contributed by atoms with van der Waals surface area (Å²) in [5.74, 6) is 0.816. The molecule has 1 aliphatic rings. The summed E-state index contributed by atoms with van der Waals surface area (Å²) in [4.78, 5) is 2.70. The van der Waals surface area contributed by atoms with E-state index in [1.54, 1.807) is 0 Å². The molecule has 0 aromatic rings. The summed E-state index contributed by atoms with van der Waals surface area (Å²) in [6.45, 7) is 14.2. The van der Waals surface area contributed by atoms with Gasteiger partial charge >= 0.3 is 0 Å². The Morgan fingerprint density at radius 3 is 2.47 bits per heavy atom. The fraction of sp³-hybridized carbons (Fsp3) is 1.00. The van der Waals surface area contributed by atoms with Crippen LogP contribution in [0.2, 0.25) is 0 Å². The second-order valence-electron chi connectivity index (χ2n) is 6.46. The largest absolute Gasteiger partial charge is 0.315 e. The molecule has 0 radical (unpaired) electrons. The van der Waals surface area contributed by atoms with E-state index in [0.717, 1.165) is 12.0 Å². The molecule has 102 valence electrons. The van der Waals surface area contributed by atoms with Gasteiger partial charge < -0.3 is 5.32 Å². The van der Waals surface area contributed by atoms with Gasteiger partial charge in [-0.1, -0.05) is 41.0 Å². The first-order valence-corrected chi connectivity index (χ1v) is 7.37. The van der Waals surface area contributed by atoms with Crippen molar-refractivity contribution >= 4 is 0 Å². The molecule has 1 rings (SSSR count). The molecule has 0 amide bonds. The maximum atomic E-state index is 3.57. The average Bonchev–Trinajstić information content (AvgIpc) is 2.60. The van der Waals surface area contributed by atoms with Crippen molar-refractivity contribution in [3.63, 3.8) is 0 Å². The molecule has 3 unspecified atom stereocenters. The topological polar surface area (TPSA) is 15.3 Å². The molecule has 1 aliphatic carbocycles. The lowest BCUT2D eigenvalue weighted by molar-refractivity contribution is 0.136. The lowest BCUT2D eigenvalue weighted by Gasteiger charge is -2.37. The van der Waals surface area contributed by atoms with Crippen LogP contribution in [0.4, 0.5) is 0 Å². The number of likely N-dealkylation sites (N-methyl/N-ethyl adjacent to an activating group) is 2. The van der Waals surface area contributed by atoms with Crippen molar-refractivity contribution < 1.29 is 0 Å². The monoisotopic (exact) mass is 240 g/mol. The van der Waals surface area contributed by atoms with E-state index < -0.39 is 0 Å². The quantitative estimate of drug-likeness (QED) is 0.767. The minimum Gasteiger partial charge on any atom is -0.315 e. The predicted octanol–water partition coefficient (Wildman–Crippen LogP) is 3.13. The van der Waals surface area contributed by atoms with Crippen LogP contribution in [0, 0.1) is 11.3 Å². The number of nitrogens with one attached hydrogen (secondary N) is 1. The fourth-order valence-electron chi connectivity index (χ4n) is 3.37. The first-order chi connectivity index (χ1) is 7.96. The molecule has 0 saturated heterocycles. The van der Waals surface area contributed by atoms with Crippen LogP contribution in [0.25, 0.3) is 0 Å². The van der Waals surface area contributed by atoms with E-state index in [1.165, 1.54) is 32.4 Å². The Morgan fingerprint density at radius 2 is 2.00 bits per heavy atom. The van der Waals surface area contributed by atoms with Gasteiger partial charge in [0.25, 0.3) is 0 Å². The fourth-order valence-corrected chi connectivity index (χ4v) is 3.37. The van der Waals surface area contributed by atoms with Gasteiger partial charge in [-0.25, -0.2) is 0 Å². The van der Waals surface area contributed by atoms with Gasteiger partial charge in [0.2, 0.25) is 0 Å². The zero-order valence-corrected chi connectivity index (χ0v) is 12.7. The van der Waals surface area contributed by atoms with Crippen molar-refractivity contribution in [3.05, 3.63) is 0 Å². The van der Waals surface area contributed by atoms with E-state index in [0.29, 0.717) is 11.5 Å². The van der Waals surface area contributed by atoms with Crippen molar-refractivity contribution in [2.24, 2.45) is 11.3 Å². The molecule has 3 atom stereocenters. The van der Waals surface area contributed by atoms with E-state index in [1.807, 2.05) is 0 Å². The van der Waals surface area contributed by atoms with Crippen molar-refractivity contribution in [2.45, 2.75) is 66.0 Å². The lowest BCUT2D eigenvalue weighted by atomic mass is 9.86. The summed E-state index contributed by atoms with van der Waals surface area (Å²) in [6, 6.07) is 1.38. The third-order valence-corrected chi connectivity index (χ3v) is 4.74. The molecule has 2 heteroatoms. The Morgan fingerprint density at radius 1 is 1.35 bits per heavy atom. The SMILES string of the molecule is CCC(C)CN(CC)C1CCC(C)(C)C1NC. The Kier molecular flexibility index (Phi) is 5.46. The average molecular weight is 240 g/mol. The Balaban J connectivity index is 2.69. The highest BCUT2D eigenvalue weighted by Crippen LogP contribution is 2.39. The second-order valence-corrected chi connectivity index (χ2v) is 6.46. The van der Waals surface area contributed by atoms with Crippen LogP contribution in [-0.4, -0.2) is 37.1 Å². The Labute approximate surface area is 108 Å². The minimum absolute atomic E-state index is 0.447. The van der Waals surface area contributed by atoms with E-state index >= 15 is 0 Å². The molecule has 2 nitrogen and oxygen atoms in total. The van der Waals surface area contributed by atoms with Gasteiger partial charge in [-0.05, 0) is 37.8 Å². The predicted molar refractivity (Wildman–Crippen MR) is 76.4 cm³/mol. The first kappa shape index (κ1) is 15.0. The molecule has 0 aromatic carbocycles. The number of hydrogen-bond donors (Lipinski definition) is 1. The molecular weight excluding hydrogens is 208 g/mol. The van der Waals surface area contributed by atoms with Crippen molar-refractivity contribution in [1.29, 1.82) is 0 Å². The summed E-state index contributed by atoms with van der Waals surface area (Å²) < 4.78 is 0. The van der Waals surface area contributed by atoms with E-state index in [-0.39, 0.29) is 0 Å². The smallest absolute Gasteiger partial charge is 0.0271 e. The van der Waals surface area contributed by atoms with Crippen LogP contribution < -0.4 is 5.32 Å². The van der Waals surface area contributed by atoms with Crippen LogP contribution >= 0.6 is 0 Å². The highest BCUT2D eigenvalue weighted by atomic mass is 15.2. The highest BCUT2D eigenvalue weighted by Gasteiger charge is 2.43. The summed E-state index contributed by atoms with van der Waals surface area (Å²) in [7, 11) is 2.13. The molecule has 0 heterocycles. The van der Waals surface area contributed by atoms with Gasteiger partial charge in [0.15, 0.2) is 0 Å². The van der Waals surface area contributed by atoms with Gasteiger partial charge in [-0.15, -0.1) is 0 Å². The van der Waals surface area contributed by atoms with E-state index in [2.05, 4.69) is 51.9 Å². The molecule has 1 fully saturated rings. The van der Waals surface area contributed by atoms with Crippen LogP contribution in [0.3, 0.4) is 0 Å². The van der Waals surface area contributed by atoms with Crippen molar-refractivity contribution in [2.75, 3.05) is 20.1 Å². The van der Waals surface area contributed by atoms with E-state index in [4.69, 9.17) is 0 Å². The maximum Gasteiger partial charge on any atom is 0.0271 e. The Bertz CT molecular complexity index is 225. The third kappa shape index (κ3) is 3.45. The second kappa shape index (κ2) is 6.19. The molecule has 0 aliphatic heterocycles. The summed E-state index contributed by atoms with van der Waals surface area (Å²) >= 11 is 0. The minimum atomic E-state index is 0.447. The van der Waals surface area contributed by atoms with Crippen LogP contribution in [0.1, 0.15) is 53.9 Å². The zero-order valence-electron chi connectivity index (χ0n) is 12.7. The van der Waals surface area contributed by atoms with Crippen LogP contribution in [0.5, 0.6) is 0 Å². The maximum absolute atomic E-state index is 3.57. The van der Waals surface area contributed by atoms with Gasteiger partial charge in [0.1, 0.15) is 0 Å². The van der Waals surface area contributed by atoms with Crippen molar-refractivity contribution in [1.82, 2.24) is 10.2 Å². The lowest BCUT2D eigenvalue weighted by Crippen LogP contribution is -2.51. The zero-order chi connectivity index (χ0) is 13.1. The molecule has 17 heavy (non-hydrogen) atoms. The molecule has 0 spiro atoms. The number of hydrogen-bond acceptors (Lipinski definition) is 2.